The molecular weight excluding hydrogens is 622 g/mol. The first-order valence-corrected chi connectivity index (χ1v) is 12.5. The first kappa shape index (κ1) is 35.9. The zero-order valence-electron chi connectivity index (χ0n) is 23.2. The van der Waals surface area contributed by atoms with Gasteiger partial charge in [-0.1, -0.05) is 30.3 Å². The van der Waals surface area contributed by atoms with Crippen molar-refractivity contribution in [2.75, 3.05) is 20.2 Å². The largest absolute Gasteiger partial charge is 0.460 e. The van der Waals surface area contributed by atoms with Crippen molar-refractivity contribution in [3.05, 3.63) is 108 Å². The molecule has 0 aliphatic rings. The number of carbonyl (C=O) groups is 3. The second kappa shape index (κ2) is 14.5. The zero-order valence-corrected chi connectivity index (χ0v) is 23.2. The Morgan fingerprint density at radius 1 is 0.867 bits per heavy atom. The summed E-state index contributed by atoms with van der Waals surface area (Å²) in [7, 11) is 0.773. The lowest BCUT2D eigenvalue weighted by atomic mass is 9.77. The molecule has 3 atom stereocenters. The van der Waals surface area contributed by atoms with Crippen molar-refractivity contribution in [2.45, 2.75) is 31.1 Å². The fourth-order valence-corrected chi connectivity index (χ4v) is 4.44. The summed E-state index contributed by atoms with van der Waals surface area (Å²) >= 11 is 0. The highest BCUT2D eigenvalue weighted by Gasteiger charge is 2.43. The molecule has 18 heteroatoms. The second-order valence-electron chi connectivity index (χ2n) is 9.44. The normalized spacial score (nSPS) is 14.0. The molecule has 0 heterocycles. The van der Waals surface area contributed by atoms with Crippen LogP contribution in [-0.2, 0) is 31.5 Å². The van der Waals surface area contributed by atoms with Crippen LogP contribution in [0.1, 0.15) is 41.0 Å². The molecule has 0 N–H and O–H groups in total. The van der Waals surface area contributed by atoms with Crippen LogP contribution < -0.4 is 0 Å². The highest BCUT2D eigenvalue weighted by atomic mass is 19.4. The molecule has 12 nitrogen and oxygen atoms in total. The molecule has 0 aromatic heterocycles. The van der Waals surface area contributed by atoms with Crippen LogP contribution in [0.3, 0.4) is 0 Å². The van der Waals surface area contributed by atoms with Crippen molar-refractivity contribution in [3.63, 3.8) is 0 Å². The van der Waals surface area contributed by atoms with Crippen LogP contribution in [0, 0.1) is 26.1 Å². The summed E-state index contributed by atoms with van der Waals surface area (Å²) in [5, 5.41) is 23.3. The number of ether oxygens (including phenoxy) is 1. The standard InChI is InChI=1S/C27H22F6N4O8/c1-14(38)19(21(12-36(41)42)15-3-7-17(8-4-15)26(28,29)30)11-20(24(39)23(35-34)25(40)45-2)22(13-37(43)44)16-5-9-18(10-6-16)27(31,32)33/h3-11,20-22H,12-13H2,1-2H3/b19-11-. The highest BCUT2D eigenvalue weighted by Crippen LogP contribution is 2.36. The van der Waals surface area contributed by atoms with Crippen LogP contribution in [0.4, 0.5) is 26.3 Å². The van der Waals surface area contributed by atoms with Gasteiger partial charge in [0.25, 0.3) is 5.78 Å². The van der Waals surface area contributed by atoms with Gasteiger partial charge in [0.05, 0.1) is 36.0 Å². The van der Waals surface area contributed by atoms with Crippen molar-refractivity contribution < 1.29 is 60.1 Å². The van der Waals surface area contributed by atoms with E-state index in [0.717, 1.165) is 38.3 Å². The Labute approximate surface area is 249 Å². The van der Waals surface area contributed by atoms with Crippen LogP contribution >= 0.6 is 0 Å². The van der Waals surface area contributed by atoms with Gasteiger partial charge in [0, 0.05) is 15.4 Å². The smallest absolute Gasteiger partial charge is 0.442 e. The lowest BCUT2D eigenvalue weighted by Crippen LogP contribution is -2.37. The van der Waals surface area contributed by atoms with Crippen LogP contribution in [0.25, 0.3) is 5.53 Å². The van der Waals surface area contributed by atoms with Gasteiger partial charge in [-0.15, -0.1) is 0 Å². The number of allylic oxidation sites excluding steroid dienone is 1. The van der Waals surface area contributed by atoms with E-state index >= 15 is 0 Å². The van der Waals surface area contributed by atoms with Crippen LogP contribution in [0.5, 0.6) is 0 Å². The predicted molar refractivity (Wildman–Crippen MR) is 140 cm³/mol. The second-order valence-corrected chi connectivity index (χ2v) is 9.44. The minimum atomic E-state index is -4.83. The molecule has 0 saturated heterocycles. The first-order chi connectivity index (χ1) is 20.8. The Kier molecular flexibility index (Phi) is 11.6. The molecule has 0 aliphatic carbocycles. The third kappa shape index (κ3) is 9.37. The number of esters is 1. The van der Waals surface area contributed by atoms with E-state index in [9.17, 15) is 66.5 Å². The summed E-state index contributed by atoms with van der Waals surface area (Å²) in [6, 6.07) is 5.49. The Morgan fingerprint density at radius 3 is 1.67 bits per heavy atom. The average Bonchev–Trinajstić information content (AvgIpc) is 2.94. The Hall–Kier alpha value is -5.25. The van der Waals surface area contributed by atoms with Gasteiger partial charge >= 0.3 is 24.0 Å². The maximum Gasteiger partial charge on any atom is 0.442 e. The molecule has 0 aliphatic heterocycles. The average molecular weight is 644 g/mol. The van der Waals surface area contributed by atoms with E-state index in [2.05, 4.69) is 9.53 Å². The van der Waals surface area contributed by atoms with Gasteiger partial charge in [0.1, 0.15) is 0 Å². The summed E-state index contributed by atoms with van der Waals surface area (Å²) in [6.07, 6.45) is -8.93. The van der Waals surface area contributed by atoms with Crippen molar-refractivity contribution >= 4 is 23.2 Å². The molecule has 0 fully saturated rings. The summed E-state index contributed by atoms with van der Waals surface area (Å²) in [5.41, 5.74) is 4.61. The molecule has 0 bridgehead atoms. The monoisotopic (exact) mass is 644 g/mol. The number of benzene rings is 2. The molecule has 2 aromatic carbocycles. The van der Waals surface area contributed by atoms with Gasteiger partial charge in [-0.25, -0.2) is 4.79 Å². The van der Waals surface area contributed by atoms with E-state index < -0.39 is 93.0 Å². The van der Waals surface area contributed by atoms with Gasteiger partial charge in [-0.05, 0) is 42.3 Å². The van der Waals surface area contributed by atoms with Crippen molar-refractivity contribution in [1.82, 2.24) is 0 Å². The number of methoxy groups -OCH3 is 1. The van der Waals surface area contributed by atoms with Gasteiger partial charge in [-0.3, -0.25) is 29.8 Å². The number of nitro groups is 2. The number of alkyl halides is 6. The summed E-state index contributed by atoms with van der Waals surface area (Å²) in [6.45, 7) is -1.48. The van der Waals surface area contributed by atoms with Crippen LogP contribution in [0.2, 0.25) is 0 Å². The lowest BCUT2D eigenvalue weighted by Gasteiger charge is -2.23. The minimum Gasteiger partial charge on any atom is -0.460 e. The molecule has 0 spiro atoms. The highest BCUT2D eigenvalue weighted by molar-refractivity contribution is 6.63. The van der Waals surface area contributed by atoms with Crippen LogP contribution in [0.15, 0.2) is 60.2 Å². The number of rotatable bonds is 13. The molecule has 240 valence electrons. The van der Waals surface area contributed by atoms with Crippen molar-refractivity contribution in [3.8, 4) is 0 Å². The fraction of sp³-hybridized carbons (Fsp3) is 0.333. The molecule has 0 amide bonds. The van der Waals surface area contributed by atoms with E-state index in [-0.39, 0.29) is 11.1 Å². The topological polar surface area (TPSA) is 183 Å². The molecule has 45 heavy (non-hydrogen) atoms. The zero-order chi connectivity index (χ0) is 34.3. The van der Waals surface area contributed by atoms with E-state index in [1.807, 2.05) is 0 Å². The van der Waals surface area contributed by atoms with Gasteiger partial charge in [-0.2, -0.15) is 31.1 Å². The number of hydrogen-bond donors (Lipinski definition) is 0. The molecule has 2 aromatic rings. The summed E-state index contributed by atoms with van der Waals surface area (Å²) in [4.78, 5) is 62.6. The van der Waals surface area contributed by atoms with E-state index in [4.69, 9.17) is 0 Å². The lowest BCUT2D eigenvalue weighted by molar-refractivity contribution is -0.484. The fourth-order valence-electron chi connectivity index (χ4n) is 4.44. The molecule has 3 unspecified atom stereocenters. The number of nitrogens with zero attached hydrogens (tertiary/aromatic N) is 4. The Bertz CT molecular complexity index is 1550. The van der Waals surface area contributed by atoms with E-state index in [1.54, 1.807) is 0 Å². The first-order valence-electron chi connectivity index (χ1n) is 12.5. The maximum absolute atomic E-state index is 13.6. The van der Waals surface area contributed by atoms with E-state index in [0.29, 0.717) is 30.3 Å². The summed E-state index contributed by atoms with van der Waals surface area (Å²) in [5.74, 6) is -9.60. The molecule has 2 rings (SSSR count). The Balaban J connectivity index is 2.92. The number of hydrogen-bond acceptors (Lipinski definition) is 8. The SMILES string of the molecule is COC(=O)C(=[N+]=[N-])C(=O)C(/C=C(/C(C)=O)C(C[N+](=O)[O-])c1ccc(C(F)(F)F)cc1)C(C[N+](=O)[O-])c1ccc(C(F)(F)F)cc1. The van der Waals surface area contributed by atoms with Gasteiger partial charge in [0.15, 0.2) is 5.78 Å². The molecule has 0 radical (unpaired) electrons. The van der Waals surface area contributed by atoms with Crippen molar-refractivity contribution in [2.24, 2.45) is 5.92 Å². The number of halogens is 6. The number of ketones is 2. The van der Waals surface area contributed by atoms with Gasteiger partial charge in [0.2, 0.25) is 13.1 Å². The number of carbonyl (C=O) groups excluding carboxylic acids is 3. The van der Waals surface area contributed by atoms with E-state index in [1.165, 1.54) is 0 Å². The number of Topliss-reactive ketones (excluding diaryl/α,β-unsaturated/α-hetero) is 2. The quantitative estimate of drug-likeness (QED) is 0.0346. The third-order valence-electron chi connectivity index (χ3n) is 6.57. The predicted octanol–water partition coefficient (Wildman–Crippen LogP) is 4.69. The van der Waals surface area contributed by atoms with Crippen LogP contribution in [-0.4, -0.2) is 58.1 Å². The Morgan fingerprint density at radius 2 is 1.31 bits per heavy atom. The van der Waals surface area contributed by atoms with Crippen molar-refractivity contribution in [1.29, 1.82) is 0 Å². The molecule has 0 saturated carbocycles. The minimum absolute atomic E-state index is 0.211. The summed E-state index contributed by atoms with van der Waals surface area (Å²) < 4.78 is 83.3. The maximum atomic E-state index is 13.6. The van der Waals surface area contributed by atoms with Gasteiger partial charge < -0.3 is 10.3 Å². The third-order valence-corrected chi connectivity index (χ3v) is 6.57. The molecular formula is C27H22F6N4O8.